The molecule has 11 heteroatoms. The SMILES string of the molecule is CN1CCCC(Nc2ncnc(-c3ccccc3Nc3ccc(NSc4ccccc4Cl)c(OF)c3)n2)C1. The van der Waals surface area contributed by atoms with Gasteiger partial charge in [-0.1, -0.05) is 35.9 Å². The number of likely N-dealkylation sites (N-methyl/N-ethyl adjacent to an activating group) is 1. The molecular weight excluding hydrogens is 525 g/mol. The molecule has 38 heavy (non-hydrogen) atoms. The fourth-order valence-corrected chi connectivity index (χ4v) is 5.24. The minimum absolute atomic E-state index is 0.0381. The van der Waals surface area contributed by atoms with Crippen molar-refractivity contribution in [2.75, 3.05) is 35.5 Å². The lowest BCUT2D eigenvalue weighted by Crippen LogP contribution is -2.40. The molecule has 1 unspecified atom stereocenters. The smallest absolute Gasteiger partial charge is 0.226 e. The molecule has 1 saturated heterocycles. The Hall–Kier alpha value is -3.60. The Labute approximate surface area is 230 Å². The van der Waals surface area contributed by atoms with Crippen molar-refractivity contribution in [2.24, 2.45) is 0 Å². The molecule has 1 aliphatic heterocycles. The largest absolute Gasteiger partial charge is 0.355 e. The number of halogens is 2. The van der Waals surface area contributed by atoms with Gasteiger partial charge in [-0.2, -0.15) is 4.98 Å². The van der Waals surface area contributed by atoms with Crippen LogP contribution in [0.5, 0.6) is 5.75 Å². The van der Waals surface area contributed by atoms with Gasteiger partial charge in [0.2, 0.25) is 5.95 Å². The minimum atomic E-state index is 0.0381. The summed E-state index contributed by atoms with van der Waals surface area (Å²) in [5, 5.41) is 7.37. The number of anilines is 4. The number of piperidine rings is 1. The van der Waals surface area contributed by atoms with Crippen molar-refractivity contribution in [3.8, 4) is 17.1 Å². The fraction of sp³-hybridized carbons (Fsp3) is 0.222. The van der Waals surface area contributed by atoms with Gasteiger partial charge in [-0.25, -0.2) is 9.97 Å². The highest BCUT2D eigenvalue weighted by molar-refractivity contribution is 8.00. The lowest BCUT2D eigenvalue weighted by molar-refractivity contribution is -0.00513. The van der Waals surface area contributed by atoms with Crippen molar-refractivity contribution < 1.29 is 9.47 Å². The number of hydrogen-bond donors (Lipinski definition) is 3. The predicted octanol–water partition coefficient (Wildman–Crippen LogP) is 6.82. The molecule has 1 aromatic heterocycles. The van der Waals surface area contributed by atoms with Gasteiger partial charge in [0.05, 0.1) is 10.7 Å². The zero-order valence-electron chi connectivity index (χ0n) is 20.7. The van der Waals surface area contributed by atoms with Crippen molar-refractivity contribution in [3.63, 3.8) is 0 Å². The topological polar surface area (TPSA) is 87.2 Å². The van der Waals surface area contributed by atoms with Crippen LogP contribution in [0.1, 0.15) is 12.8 Å². The van der Waals surface area contributed by atoms with Gasteiger partial charge in [-0.15, -0.1) is 0 Å². The molecule has 1 atom stereocenters. The third kappa shape index (κ3) is 6.45. The Morgan fingerprint density at radius 1 is 1.05 bits per heavy atom. The van der Waals surface area contributed by atoms with E-state index >= 15 is 0 Å². The van der Waals surface area contributed by atoms with Crippen molar-refractivity contribution in [2.45, 2.75) is 23.8 Å². The highest BCUT2D eigenvalue weighted by Gasteiger charge is 2.18. The normalized spacial score (nSPS) is 15.6. The first-order valence-corrected chi connectivity index (χ1v) is 13.4. The molecule has 196 valence electrons. The molecule has 4 aromatic rings. The molecule has 0 radical (unpaired) electrons. The number of nitrogens with one attached hydrogen (secondary N) is 3. The second kappa shape index (κ2) is 12.3. The van der Waals surface area contributed by atoms with Gasteiger partial charge in [0.1, 0.15) is 6.33 Å². The van der Waals surface area contributed by atoms with Crippen LogP contribution in [0.15, 0.2) is 78.0 Å². The number of hydrogen-bond acceptors (Lipinski definition) is 9. The number of rotatable bonds is 9. The lowest BCUT2D eigenvalue weighted by Gasteiger charge is -2.30. The van der Waals surface area contributed by atoms with E-state index < -0.39 is 0 Å². The first-order chi connectivity index (χ1) is 18.6. The van der Waals surface area contributed by atoms with Crippen LogP contribution in [-0.2, 0) is 0 Å². The molecule has 1 fully saturated rings. The molecule has 3 aromatic carbocycles. The van der Waals surface area contributed by atoms with Crippen LogP contribution in [0.3, 0.4) is 0 Å². The van der Waals surface area contributed by atoms with Crippen molar-refractivity contribution >= 4 is 46.6 Å². The maximum Gasteiger partial charge on any atom is 0.226 e. The number of para-hydroxylation sites is 1. The van der Waals surface area contributed by atoms with Gasteiger partial charge < -0.3 is 20.3 Å². The van der Waals surface area contributed by atoms with E-state index in [1.54, 1.807) is 18.2 Å². The zero-order valence-corrected chi connectivity index (χ0v) is 22.3. The molecule has 0 aliphatic carbocycles. The van der Waals surface area contributed by atoms with Crippen molar-refractivity contribution in [3.05, 3.63) is 78.1 Å². The van der Waals surface area contributed by atoms with E-state index in [9.17, 15) is 4.53 Å². The van der Waals surface area contributed by atoms with Crippen molar-refractivity contribution in [1.82, 2.24) is 19.9 Å². The van der Waals surface area contributed by atoms with E-state index in [1.807, 2.05) is 48.5 Å². The molecule has 0 saturated carbocycles. The first-order valence-electron chi connectivity index (χ1n) is 12.2. The average Bonchev–Trinajstić information content (AvgIpc) is 2.93. The Kier molecular flexibility index (Phi) is 8.42. The summed E-state index contributed by atoms with van der Waals surface area (Å²) in [4.78, 5) is 20.7. The monoisotopic (exact) mass is 551 g/mol. The highest BCUT2D eigenvalue weighted by atomic mass is 35.5. The number of nitrogens with zero attached hydrogens (tertiary/aromatic N) is 4. The van der Waals surface area contributed by atoms with Crippen LogP contribution in [0, 0.1) is 0 Å². The second-order valence-electron chi connectivity index (χ2n) is 8.97. The highest BCUT2D eigenvalue weighted by Crippen LogP contribution is 2.36. The molecule has 2 heterocycles. The van der Waals surface area contributed by atoms with E-state index in [-0.39, 0.29) is 5.75 Å². The van der Waals surface area contributed by atoms with Crippen molar-refractivity contribution in [1.29, 1.82) is 0 Å². The molecule has 5 rings (SSSR count). The fourth-order valence-electron chi connectivity index (χ4n) is 4.29. The summed E-state index contributed by atoms with van der Waals surface area (Å²) >= 11 is 7.49. The van der Waals surface area contributed by atoms with Gasteiger partial charge in [0.25, 0.3) is 0 Å². The molecule has 8 nitrogen and oxygen atoms in total. The summed E-state index contributed by atoms with van der Waals surface area (Å²) in [5.74, 6) is 1.12. The first kappa shape index (κ1) is 26.0. The maximum absolute atomic E-state index is 13.5. The average molecular weight is 552 g/mol. The summed E-state index contributed by atoms with van der Waals surface area (Å²) in [7, 11) is 2.12. The van der Waals surface area contributed by atoms with E-state index in [0.717, 1.165) is 42.1 Å². The Balaban J connectivity index is 1.32. The van der Waals surface area contributed by atoms with Crippen LogP contribution in [0.2, 0.25) is 5.02 Å². The van der Waals surface area contributed by atoms with Gasteiger partial charge in [-0.3, -0.25) is 4.94 Å². The van der Waals surface area contributed by atoms with E-state index in [2.05, 4.69) is 47.2 Å². The standard InChI is InChI=1S/C27H27ClFN7OS/c1-36-14-6-7-19(16-36)33-27-31-17-30-26(34-27)20-8-2-4-10-22(20)32-18-12-13-23(24(15-18)37-29)35-38-25-11-5-3-9-21(25)28/h2-5,8-13,15,17,19,32,35H,6-7,14,16H2,1H3,(H,30,31,33,34). The van der Waals surface area contributed by atoms with E-state index in [4.69, 9.17) is 11.6 Å². The molecule has 3 N–H and O–H groups in total. The van der Waals surface area contributed by atoms with Crippen LogP contribution in [0.4, 0.5) is 27.5 Å². The Bertz CT molecular complexity index is 1400. The molecule has 1 aliphatic rings. The number of aromatic nitrogens is 3. The maximum atomic E-state index is 13.5. The van der Waals surface area contributed by atoms with Crippen LogP contribution >= 0.6 is 23.5 Å². The third-order valence-corrected chi connectivity index (χ3v) is 7.49. The lowest BCUT2D eigenvalue weighted by atomic mass is 10.1. The predicted molar refractivity (Wildman–Crippen MR) is 152 cm³/mol. The third-order valence-electron chi connectivity index (χ3n) is 6.15. The summed E-state index contributed by atoms with van der Waals surface area (Å²) in [6, 6.07) is 20.5. The summed E-state index contributed by atoms with van der Waals surface area (Å²) in [6.07, 6.45) is 3.72. The Morgan fingerprint density at radius 2 is 1.89 bits per heavy atom. The van der Waals surface area contributed by atoms with Crippen LogP contribution in [0.25, 0.3) is 11.4 Å². The zero-order chi connectivity index (χ0) is 26.3. The van der Waals surface area contributed by atoms with Gasteiger partial charge in [-0.05, 0) is 74.8 Å². The summed E-state index contributed by atoms with van der Waals surface area (Å²) in [6.45, 7) is 2.05. The van der Waals surface area contributed by atoms with Gasteiger partial charge in [0.15, 0.2) is 11.6 Å². The van der Waals surface area contributed by atoms with Gasteiger partial charge >= 0.3 is 0 Å². The van der Waals surface area contributed by atoms with Gasteiger partial charge in [0, 0.05) is 45.0 Å². The Morgan fingerprint density at radius 3 is 2.74 bits per heavy atom. The number of benzene rings is 3. The molecule has 0 bridgehead atoms. The van der Waals surface area contributed by atoms with Crippen LogP contribution < -0.4 is 20.3 Å². The molecule has 0 spiro atoms. The minimum Gasteiger partial charge on any atom is -0.355 e. The molecular formula is C27H27ClFN7OS. The van der Waals surface area contributed by atoms with E-state index in [1.165, 1.54) is 18.3 Å². The van der Waals surface area contributed by atoms with Crippen LogP contribution in [-0.4, -0.2) is 46.0 Å². The second-order valence-corrected chi connectivity index (χ2v) is 10.2. The van der Waals surface area contributed by atoms with E-state index in [0.29, 0.717) is 34.2 Å². The number of likely N-dealkylation sites (tertiary alicyclic amines) is 1. The quantitative estimate of drug-likeness (QED) is 0.194. The summed E-state index contributed by atoms with van der Waals surface area (Å²) in [5.41, 5.74) is 2.66. The molecule has 0 amide bonds. The summed E-state index contributed by atoms with van der Waals surface area (Å²) < 4.78 is 16.6.